The SMILES string of the molecule is CCCCOC(=O)Oc1cc(C(=O)O)ccc1N. The molecule has 3 N–H and O–H groups in total. The van der Waals surface area contributed by atoms with E-state index in [0.29, 0.717) is 0 Å². The van der Waals surface area contributed by atoms with Gasteiger partial charge in [-0.05, 0) is 24.6 Å². The predicted octanol–water partition coefficient (Wildman–Crippen LogP) is 2.28. The number of carboxylic acids is 1. The van der Waals surface area contributed by atoms with Crippen molar-refractivity contribution in [3.8, 4) is 5.75 Å². The van der Waals surface area contributed by atoms with Gasteiger partial charge in [0.2, 0.25) is 0 Å². The van der Waals surface area contributed by atoms with Crippen molar-refractivity contribution in [2.45, 2.75) is 19.8 Å². The Morgan fingerprint density at radius 3 is 2.72 bits per heavy atom. The molecular weight excluding hydrogens is 238 g/mol. The smallest absolute Gasteiger partial charge is 0.478 e. The molecule has 98 valence electrons. The van der Waals surface area contributed by atoms with Gasteiger partial charge in [0.15, 0.2) is 5.75 Å². The Morgan fingerprint density at radius 2 is 2.11 bits per heavy atom. The zero-order valence-corrected chi connectivity index (χ0v) is 10.0. The Morgan fingerprint density at radius 1 is 1.39 bits per heavy atom. The van der Waals surface area contributed by atoms with Crippen LogP contribution in [0.4, 0.5) is 10.5 Å². The number of unbranched alkanes of at least 4 members (excludes halogenated alkanes) is 1. The molecule has 6 heteroatoms. The van der Waals surface area contributed by atoms with Crippen LogP contribution in [0.5, 0.6) is 5.75 Å². The summed E-state index contributed by atoms with van der Waals surface area (Å²) in [5, 5.41) is 8.80. The van der Waals surface area contributed by atoms with Gasteiger partial charge < -0.3 is 20.3 Å². The molecule has 1 rings (SSSR count). The first-order chi connectivity index (χ1) is 8.54. The van der Waals surface area contributed by atoms with E-state index < -0.39 is 12.1 Å². The Balaban J connectivity index is 2.68. The highest BCUT2D eigenvalue weighted by molar-refractivity contribution is 5.89. The molecule has 0 radical (unpaired) electrons. The minimum absolute atomic E-state index is 0.0134. The van der Waals surface area contributed by atoms with Gasteiger partial charge in [-0.25, -0.2) is 9.59 Å². The van der Waals surface area contributed by atoms with Gasteiger partial charge in [0.1, 0.15) is 0 Å². The first kappa shape index (κ1) is 13.8. The van der Waals surface area contributed by atoms with Crippen molar-refractivity contribution in [3.63, 3.8) is 0 Å². The third-order valence-electron chi connectivity index (χ3n) is 2.17. The molecule has 6 nitrogen and oxygen atoms in total. The molecule has 1 aromatic rings. The molecule has 0 spiro atoms. The summed E-state index contributed by atoms with van der Waals surface area (Å²) in [6.45, 7) is 2.22. The van der Waals surface area contributed by atoms with Crippen molar-refractivity contribution in [2.24, 2.45) is 0 Å². The molecule has 0 bridgehead atoms. The second-order valence-corrected chi connectivity index (χ2v) is 3.61. The number of aromatic carboxylic acids is 1. The van der Waals surface area contributed by atoms with Crippen LogP contribution >= 0.6 is 0 Å². The van der Waals surface area contributed by atoms with Crippen molar-refractivity contribution in [1.82, 2.24) is 0 Å². The fourth-order valence-corrected chi connectivity index (χ4v) is 1.17. The second kappa shape index (κ2) is 6.48. The van der Waals surface area contributed by atoms with Crippen molar-refractivity contribution < 1.29 is 24.2 Å². The number of benzene rings is 1. The van der Waals surface area contributed by atoms with E-state index in [-0.39, 0.29) is 23.6 Å². The Kier molecular flexibility index (Phi) is 4.98. The summed E-state index contributed by atoms with van der Waals surface area (Å²) >= 11 is 0. The fraction of sp³-hybridized carbons (Fsp3) is 0.333. The van der Waals surface area contributed by atoms with Crippen LogP contribution < -0.4 is 10.5 Å². The highest BCUT2D eigenvalue weighted by Gasteiger charge is 2.12. The molecule has 1 aromatic carbocycles. The highest BCUT2D eigenvalue weighted by atomic mass is 16.7. The molecular formula is C12H15NO5. The second-order valence-electron chi connectivity index (χ2n) is 3.61. The quantitative estimate of drug-likeness (QED) is 0.361. The van der Waals surface area contributed by atoms with E-state index in [9.17, 15) is 9.59 Å². The van der Waals surface area contributed by atoms with Crippen LogP contribution in [0.1, 0.15) is 30.1 Å². The summed E-state index contributed by atoms with van der Waals surface area (Å²) in [7, 11) is 0. The number of nitrogen functional groups attached to an aromatic ring is 1. The normalized spacial score (nSPS) is 9.83. The van der Waals surface area contributed by atoms with Crippen LogP contribution in [0.25, 0.3) is 0 Å². The van der Waals surface area contributed by atoms with Crippen LogP contribution in [0.15, 0.2) is 18.2 Å². The monoisotopic (exact) mass is 253 g/mol. The van der Waals surface area contributed by atoms with E-state index in [1.54, 1.807) is 0 Å². The highest BCUT2D eigenvalue weighted by Crippen LogP contribution is 2.23. The Hall–Kier alpha value is -2.24. The van der Waals surface area contributed by atoms with Gasteiger partial charge in [0, 0.05) is 0 Å². The lowest BCUT2D eigenvalue weighted by atomic mass is 10.2. The summed E-state index contributed by atoms with van der Waals surface area (Å²) in [6.07, 6.45) is 0.738. The van der Waals surface area contributed by atoms with Gasteiger partial charge in [0.05, 0.1) is 17.9 Å². The van der Waals surface area contributed by atoms with Crippen molar-refractivity contribution in [1.29, 1.82) is 0 Å². The standard InChI is InChI=1S/C12H15NO5/c1-2-3-6-17-12(16)18-10-7-8(11(14)15)4-5-9(10)13/h4-5,7H,2-3,6,13H2,1H3,(H,14,15). The van der Waals surface area contributed by atoms with Crippen LogP contribution in [0.3, 0.4) is 0 Å². The van der Waals surface area contributed by atoms with Gasteiger partial charge in [-0.3, -0.25) is 0 Å². The maximum atomic E-state index is 11.3. The summed E-state index contributed by atoms with van der Waals surface area (Å²) in [4.78, 5) is 22.0. The van der Waals surface area contributed by atoms with Gasteiger partial charge in [-0.2, -0.15) is 0 Å². The molecule has 0 aromatic heterocycles. The molecule has 0 saturated heterocycles. The van der Waals surface area contributed by atoms with Crippen LogP contribution in [-0.4, -0.2) is 23.8 Å². The number of hydrogen-bond acceptors (Lipinski definition) is 5. The summed E-state index contributed by atoms with van der Waals surface area (Å²) in [5.41, 5.74) is 5.73. The molecule has 0 aliphatic heterocycles. The van der Waals surface area contributed by atoms with Crippen LogP contribution in [0.2, 0.25) is 0 Å². The van der Waals surface area contributed by atoms with Crippen molar-refractivity contribution in [2.75, 3.05) is 12.3 Å². The van der Waals surface area contributed by atoms with Gasteiger partial charge >= 0.3 is 12.1 Å². The number of nitrogens with two attached hydrogens (primary N) is 1. The maximum absolute atomic E-state index is 11.3. The number of carbonyl (C=O) groups is 2. The lowest BCUT2D eigenvalue weighted by Gasteiger charge is -2.08. The van der Waals surface area contributed by atoms with E-state index in [4.69, 9.17) is 20.3 Å². The molecule has 0 amide bonds. The maximum Gasteiger partial charge on any atom is 0.513 e. The van der Waals surface area contributed by atoms with Crippen LogP contribution in [-0.2, 0) is 4.74 Å². The molecule has 0 aliphatic rings. The molecule has 0 heterocycles. The van der Waals surface area contributed by atoms with Crippen LogP contribution in [0, 0.1) is 0 Å². The molecule has 0 unspecified atom stereocenters. The topological polar surface area (TPSA) is 98.8 Å². The predicted molar refractivity (Wildman–Crippen MR) is 64.7 cm³/mol. The third-order valence-corrected chi connectivity index (χ3v) is 2.17. The average Bonchev–Trinajstić information content (AvgIpc) is 2.32. The summed E-state index contributed by atoms with van der Waals surface area (Å²) < 4.78 is 9.61. The number of carboxylic acid groups (broad SMARTS) is 1. The molecule has 0 atom stereocenters. The zero-order valence-electron chi connectivity index (χ0n) is 10.0. The van der Waals surface area contributed by atoms with E-state index in [1.165, 1.54) is 18.2 Å². The number of ether oxygens (including phenoxy) is 2. The largest absolute Gasteiger partial charge is 0.513 e. The van der Waals surface area contributed by atoms with Crippen molar-refractivity contribution in [3.05, 3.63) is 23.8 Å². The van der Waals surface area contributed by atoms with Gasteiger partial charge in [0.25, 0.3) is 0 Å². The summed E-state index contributed by atoms with van der Waals surface area (Å²) in [5.74, 6) is -1.14. The number of rotatable bonds is 5. The first-order valence-electron chi connectivity index (χ1n) is 5.52. The van der Waals surface area contributed by atoms with Gasteiger partial charge in [-0.1, -0.05) is 13.3 Å². The van der Waals surface area contributed by atoms with Gasteiger partial charge in [-0.15, -0.1) is 0 Å². The minimum Gasteiger partial charge on any atom is -0.478 e. The van der Waals surface area contributed by atoms with Crippen molar-refractivity contribution >= 4 is 17.8 Å². The summed E-state index contributed by atoms with van der Waals surface area (Å²) in [6, 6.07) is 3.86. The molecule has 18 heavy (non-hydrogen) atoms. The van der Waals surface area contributed by atoms with E-state index in [0.717, 1.165) is 12.8 Å². The molecule has 0 aliphatic carbocycles. The lowest BCUT2D eigenvalue weighted by Crippen LogP contribution is -2.13. The number of hydrogen-bond donors (Lipinski definition) is 2. The Labute approximate surface area is 104 Å². The van der Waals surface area contributed by atoms with E-state index in [1.807, 2.05) is 6.92 Å². The lowest BCUT2D eigenvalue weighted by molar-refractivity contribution is 0.0694. The zero-order chi connectivity index (χ0) is 13.5. The third kappa shape index (κ3) is 3.97. The molecule has 0 saturated carbocycles. The number of anilines is 1. The molecule has 0 fully saturated rings. The number of carbonyl (C=O) groups excluding carboxylic acids is 1. The van der Waals surface area contributed by atoms with E-state index in [2.05, 4.69) is 0 Å². The average molecular weight is 253 g/mol. The fourth-order valence-electron chi connectivity index (χ4n) is 1.17. The minimum atomic E-state index is -1.13. The first-order valence-corrected chi connectivity index (χ1v) is 5.52. The van der Waals surface area contributed by atoms with E-state index >= 15 is 0 Å². The Bertz CT molecular complexity index is 444.